The molecule has 0 unspecified atom stereocenters. The van der Waals surface area contributed by atoms with Gasteiger partial charge in [-0.25, -0.2) is 0 Å². The van der Waals surface area contributed by atoms with E-state index in [0.29, 0.717) is 0 Å². The minimum absolute atomic E-state index is 0.217. The van der Waals surface area contributed by atoms with Crippen LogP contribution in [-0.2, 0) is 38.1 Å². The van der Waals surface area contributed by atoms with E-state index in [1.807, 2.05) is 0 Å². The summed E-state index contributed by atoms with van der Waals surface area (Å²) in [7, 11) is 4.79. The van der Waals surface area contributed by atoms with Crippen molar-refractivity contribution in [3.63, 3.8) is 0 Å². The number of phenols is 1. The largest absolute Gasteiger partial charge is 0.507 e. The number of nitrogens with zero attached hydrogens (tertiary/aromatic N) is 4. The number of hydrazone groups is 2. The molecule has 0 aliphatic carbocycles. The van der Waals surface area contributed by atoms with Crippen molar-refractivity contribution in [2.45, 2.75) is 6.92 Å². The van der Waals surface area contributed by atoms with Crippen molar-refractivity contribution in [2.24, 2.45) is 10.2 Å². The quantitative estimate of drug-likeness (QED) is 0.181. The summed E-state index contributed by atoms with van der Waals surface area (Å²) in [4.78, 5) is 46.4. The zero-order valence-electron chi connectivity index (χ0n) is 19.6. The fourth-order valence-corrected chi connectivity index (χ4v) is 2.45. The summed E-state index contributed by atoms with van der Waals surface area (Å²) in [5.41, 5.74) is 1.24. The van der Waals surface area contributed by atoms with E-state index in [4.69, 9.17) is 0 Å². The number of rotatable bonds is 12. The second-order valence-corrected chi connectivity index (χ2v) is 6.73. The van der Waals surface area contributed by atoms with E-state index in [9.17, 15) is 24.3 Å². The molecule has 0 aromatic heterocycles. The highest BCUT2D eigenvalue weighted by atomic mass is 16.5. The third-order valence-corrected chi connectivity index (χ3v) is 4.19. The number of benzene rings is 1. The van der Waals surface area contributed by atoms with Crippen molar-refractivity contribution in [3.8, 4) is 5.75 Å². The molecule has 34 heavy (non-hydrogen) atoms. The number of hydrogen-bond donors (Lipinski definition) is 1. The Morgan fingerprint density at radius 1 is 0.735 bits per heavy atom. The van der Waals surface area contributed by atoms with Gasteiger partial charge in [-0.1, -0.05) is 0 Å². The van der Waals surface area contributed by atoms with Crippen LogP contribution in [0, 0.1) is 6.92 Å². The summed E-state index contributed by atoms with van der Waals surface area (Å²) in [5.74, 6) is -2.72. The van der Waals surface area contributed by atoms with Gasteiger partial charge in [0.15, 0.2) is 0 Å². The Morgan fingerprint density at radius 2 is 1.03 bits per heavy atom. The van der Waals surface area contributed by atoms with Crippen LogP contribution in [0.15, 0.2) is 22.3 Å². The van der Waals surface area contributed by atoms with Gasteiger partial charge in [-0.05, 0) is 24.6 Å². The summed E-state index contributed by atoms with van der Waals surface area (Å²) in [6.07, 6.45) is 2.51. The van der Waals surface area contributed by atoms with Crippen LogP contribution in [-0.4, -0.2) is 106 Å². The normalized spacial score (nSPS) is 10.7. The Kier molecular flexibility index (Phi) is 11.5. The highest BCUT2D eigenvalue weighted by molar-refractivity contribution is 5.92. The molecule has 0 aliphatic heterocycles. The summed E-state index contributed by atoms with van der Waals surface area (Å²) in [5, 5.41) is 21.0. The Labute approximate surface area is 196 Å². The van der Waals surface area contributed by atoms with E-state index < -0.39 is 23.9 Å². The molecule has 186 valence electrons. The fraction of sp³-hybridized carbons (Fsp3) is 0.429. The van der Waals surface area contributed by atoms with Crippen molar-refractivity contribution >= 4 is 36.3 Å². The second-order valence-electron chi connectivity index (χ2n) is 6.73. The minimum Gasteiger partial charge on any atom is -0.507 e. The topological polar surface area (TPSA) is 157 Å². The molecule has 0 fully saturated rings. The maximum Gasteiger partial charge on any atom is 0.327 e. The standard InChI is InChI=1S/C21H28N4O9/c1-14-6-15(8-22-24(10-17(26)31-2)11-18(27)32-3)21(30)16(7-14)9-23-25(12-19(28)33-4)13-20(29)34-5/h6-9,30H,10-13H2,1-5H3/b22-8+,23-9+. The molecule has 13 nitrogen and oxygen atoms in total. The minimum atomic E-state index is -0.626. The van der Waals surface area contributed by atoms with E-state index in [1.54, 1.807) is 19.1 Å². The summed E-state index contributed by atoms with van der Waals surface area (Å²) < 4.78 is 18.4. The van der Waals surface area contributed by atoms with Gasteiger partial charge in [0.2, 0.25) is 0 Å². The maximum absolute atomic E-state index is 11.6. The molecule has 1 aromatic rings. The predicted molar refractivity (Wildman–Crippen MR) is 119 cm³/mol. The highest BCUT2D eigenvalue weighted by Gasteiger charge is 2.15. The van der Waals surface area contributed by atoms with E-state index >= 15 is 0 Å². The van der Waals surface area contributed by atoms with E-state index in [2.05, 4.69) is 29.2 Å². The third-order valence-electron chi connectivity index (χ3n) is 4.19. The van der Waals surface area contributed by atoms with Gasteiger partial charge in [0.05, 0.1) is 40.9 Å². The first kappa shape index (κ1) is 27.9. The van der Waals surface area contributed by atoms with Crippen molar-refractivity contribution in [3.05, 3.63) is 28.8 Å². The lowest BCUT2D eigenvalue weighted by Gasteiger charge is -2.17. The molecule has 0 spiro atoms. The van der Waals surface area contributed by atoms with Crippen LogP contribution in [0.1, 0.15) is 16.7 Å². The van der Waals surface area contributed by atoms with Crippen LogP contribution in [0.25, 0.3) is 0 Å². The summed E-state index contributed by atoms with van der Waals surface area (Å²) >= 11 is 0. The number of hydrogen-bond acceptors (Lipinski definition) is 13. The Hall–Kier alpha value is -4.16. The van der Waals surface area contributed by atoms with Gasteiger partial charge in [-0.15, -0.1) is 0 Å². The first-order valence-corrected chi connectivity index (χ1v) is 9.82. The number of aryl methyl sites for hydroxylation is 1. The summed E-state index contributed by atoms with van der Waals surface area (Å²) in [6, 6.07) is 3.23. The molecule has 1 rings (SSSR count). The third kappa shape index (κ3) is 9.54. The fourth-order valence-electron chi connectivity index (χ4n) is 2.45. The monoisotopic (exact) mass is 480 g/mol. The lowest BCUT2D eigenvalue weighted by Crippen LogP contribution is -2.31. The number of esters is 4. The van der Waals surface area contributed by atoms with Gasteiger partial charge in [-0.3, -0.25) is 29.2 Å². The molecule has 0 saturated heterocycles. The van der Waals surface area contributed by atoms with Crippen molar-refractivity contribution in [1.29, 1.82) is 0 Å². The maximum atomic E-state index is 11.6. The smallest absolute Gasteiger partial charge is 0.327 e. The zero-order chi connectivity index (χ0) is 25.7. The van der Waals surface area contributed by atoms with Gasteiger partial charge >= 0.3 is 23.9 Å². The molecular formula is C21H28N4O9. The Morgan fingerprint density at radius 3 is 1.29 bits per heavy atom. The van der Waals surface area contributed by atoms with Crippen LogP contribution >= 0.6 is 0 Å². The number of methoxy groups -OCH3 is 4. The molecule has 0 radical (unpaired) electrons. The van der Waals surface area contributed by atoms with Crippen molar-refractivity contribution < 1.29 is 43.2 Å². The van der Waals surface area contributed by atoms with Crippen molar-refractivity contribution in [1.82, 2.24) is 10.0 Å². The molecule has 0 aliphatic rings. The molecule has 0 heterocycles. The lowest BCUT2D eigenvalue weighted by molar-refractivity contribution is -0.147. The van der Waals surface area contributed by atoms with Gasteiger partial charge in [-0.2, -0.15) is 10.2 Å². The lowest BCUT2D eigenvalue weighted by atomic mass is 10.1. The molecular weight excluding hydrogens is 452 g/mol. The molecule has 0 bridgehead atoms. The van der Waals surface area contributed by atoms with Crippen LogP contribution < -0.4 is 0 Å². The SMILES string of the molecule is COC(=O)CN(CC(=O)OC)/N=C/c1cc(C)cc(/C=N/N(CC(=O)OC)CC(=O)OC)c1O. The molecule has 1 N–H and O–H groups in total. The number of phenolic OH excluding ortho intramolecular Hbond substituents is 1. The van der Waals surface area contributed by atoms with Crippen molar-refractivity contribution in [2.75, 3.05) is 54.6 Å². The number of carbonyl (C=O) groups is 4. The number of aromatic hydroxyl groups is 1. The highest BCUT2D eigenvalue weighted by Crippen LogP contribution is 2.22. The first-order chi connectivity index (χ1) is 16.1. The first-order valence-electron chi connectivity index (χ1n) is 9.82. The molecule has 0 atom stereocenters. The van der Waals surface area contributed by atoms with Gasteiger partial charge in [0.1, 0.15) is 31.9 Å². The van der Waals surface area contributed by atoms with Crippen LogP contribution in [0.4, 0.5) is 0 Å². The van der Waals surface area contributed by atoms with Gasteiger partial charge in [0.25, 0.3) is 0 Å². The second kappa shape index (κ2) is 14.1. The van der Waals surface area contributed by atoms with Crippen LogP contribution in [0.3, 0.4) is 0 Å². The van der Waals surface area contributed by atoms with Gasteiger partial charge < -0.3 is 24.1 Å². The Bertz CT molecular complexity index is 839. The predicted octanol–water partition coefficient (Wildman–Crippen LogP) is -0.336. The van der Waals surface area contributed by atoms with Crippen LogP contribution in [0.5, 0.6) is 5.75 Å². The van der Waals surface area contributed by atoms with E-state index in [1.165, 1.54) is 40.9 Å². The van der Waals surface area contributed by atoms with E-state index in [-0.39, 0.29) is 43.1 Å². The zero-order valence-corrected chi connectivity index (χ0v) is 19.6. The molecule has 13 heteroatoms. The number of ether oxygens (including phenoxy) is 4. The average Bonchev–Trinajstić information content (AvgIpc) is 2.82. The molecule has 0 amide bonds. The number of carbonyl (C=O) groups excluding carboxylic acids is 4. The Balaban J connectivity index is 3.21. The molecule has 0 saturated carbocycles. The average molecular weight is 480 g/mol. The summed E-state index contributed by atoms with van der Waals surface area (Å²) in [6.45, 7) is 0.478. The van der Waals surface area contributed by atoms with Crippen LogP contribution in [0.2, 0.25) is 0 Å². The molecule has 1 aromatic carbocycles. The van der Waals surface area contributed by atoms with Gasteiger partial charge in [0, 0.05) is 11.1 Å². The van der Waals surface area contributed by atoms with E-state index in [0.717, 1.165) is 15.6 Å².